The molecule has 0 saturated heterocycles. The van der Waals surface area contributed by atoms with Gasteiger partial charge in [-0.15, -0.1) is 0 Å². The Kier molecular flexibility index (Phi) is 6.91. The van der Waals surface area contributed by atoms with Crippen LogP contribution in [-0.4, -0.2) is 84.6 Å². The molecule has 0 aliphatic rings. The normalized spacial score (nSPS) is 19.7. The number of aliphatic hydroxyl groups excluding tert-OH is 6. The van der Waals surface area contributed by atoms with Crippen LogP contribution in [0.5, 0.6) is 0 Å². The van der Waals surface area contributed by atoms with Gasteiger partial charge in [0, 0.05) is 6.42 Å². The molecule has 9 nitrogen and oxygen atoms in total. The first-order valence-electron chi connectivity index (χ1n) is 4.99. The number of carbonyl (C=O) groups is 2. The molecule has 0 amide bonds. The predicted molar refractivity (Wildman–Crippen MR) is 54.4 cm³/mol. The third-order valence-corrected chi connectivity index (χ3v) is 2.23. The first-order valence-corrected chi connectivity index (χ1v) is 4.99. The molecular weight excluding hydrogens is 252 g/mol. The lowest BCUT2D eigenvalue weighted by Gasteiger charge is -2.24. The van der Waals surface area contributed by atoms with Crippen molar-refractivity contribution in [3.05, 3.63) is 0 Å². The number of hydrogen-bond acceptors (Lipinski definition) is 8. The molecule has 0 aliphatic carbocycles. The Bertz CT molecular complexity index is 292. The number of aliphatic hydroxyl groups is 6. The van der Waals surface area contributed by atoms with E-state index >= 15 is 0 Å². The maximum atomic E-state index is 11.2. The molecule has 0 bridgehead atoms. The van der Waals surface area contributed by atoms with Gasteiger partial charge in [-0.2, -0.15) is 0 Å². The quantitative estimate of drug-likeness (QED) is 0.230. The SMILES string of the molecule is O=C(O)C(O)C(O)C(O)C(O)C(=O)CC(O)CO. The Hall–Kier alpha value is -1.10. The van der Waals surface area contributed by atoms with Gasteiger partial charge in [0.15, 0.2) is 11.9 Å². The summed E-state index contributed by atoms with van der Waals surface area (Å²) in [4.78, 5) is 21.5. The fourth-order valence-corrected chi connectivity index (χ4v) is 1.13. The summed E-state index contributed by atoms with van der Waals surface area (Å²) in [5.41, 5.74) is 0. The maximum Gasteiger partial charge on any atom is 0.335 e. The van der Waals surface area contributed by atoms with Gasteiger partial charge >= 0.3 is 5.97 Å². The molecule has 0 aromatic rings. The lowest BCUT2D eigenvalue weighted by atomic mass is 9.97. The smallest absolute Gasteiger partial charge is 0.335 e. The maximum absolute atomic E-state index is 11.2. The van der Waals surface area contributed by atoms with Crippen molar-refractivity contribution in [2.24, 2.45) is 0 Å². The summed E-state index contributed by atoms with van der Waals surface area (Å²) in [5, 5.41) is 62.3. The van der Waals surface area contributed by atoms with Gasteiger partial charge in [-0.05, 0) is 0 Å². The summed E-state index contributed by atoms with van der Waals surface area (Å²) in [6.07, 6.45) is -11.2. The minimum absolute atomic E-state index is 0.690. The molecular formula is C9H16O9. The minimum atomic E-state index is -2.37. The van der Waals surface area contributed by atoms with Gasteiger partial charge in [0.2, 0.25) is 0 Å². The molecule has 106 valence electrons. The van der Waals surface area contributed by atoms with Gasteiger partial charge in [0.1, 0.15) is 18.3 Å². The summed E-state index contributed by atoms with van der Waals surface area (Å²) in [6.45, 7) is -0.741. The Balaban J connectivity index is 4.53. The van der Waals surface area contributed by atoms with Crippen LogP contribution in [0.1, 0.15) is 6.42 Å². The summed E-state index contributed by atoms with van der Waals surface area (Å²) in [7, 11) is 0. The highest BCUT2D eigenvalue weighted by Crippen LogP contribution is 2.09. The Morgan fingerprint density at radius 2 is 1.33 bits per heavy atom. The van der Waals surface area contributed by atoms with Crippen LogP contribution in [0.2, 0.25) is 0 Å². The molecule has 0 spiro atoms. The molecule has 0 aromatic carbocycles. The monoisotopic (exact) mass is 268 g/mol. The molecule has 0 fully saturated rings. The number of carbonyl (C=O) groups excluding carboxylic acids is 1. The van der Waals surface area contributed by atoms with Crippen LogP contribution < -0.4 is 0 Å². The van der Waals surface area contributed by atoms with E-state index in [4.69, 9.17) is 25.5 Å². The molecule has 0 aromatic heterocycles. The number of carboxylic acid groups (broad SMARTS) is 1. The van der Waals surface area contributed by atoms with Gasteiger partial charge in [-0.3, -0.25) is 4.79 Å². The van der Waals surface area contributed by atoms with E-state index < -0.39 is 55.3 Å². The molecule has 9 heteroatoms. The number of Topliss-reactive ketones (excluding diaryl/α,β-unsaturated/α-hetero) is 1. The molecule has 18 heavy (non-hydrogen) atoms. The number of hydrogen-bond donors (Lipinski definition) is 7. The first-order chi connectivity index (χ1) is 8.22. The van der Waals surface area contributed by atoms with Gasteiger partial charge in [0.05, 0.1) is 12.7 Å². The van der Waals surface area contributed by atoms with Crippen molar-refractivity contribution < 1.29 is 45.3 Å². The summed E-state index contributed by atoms with van der Waals surface area (Å²) < 4.78 is 0. The van der Waals surface area contributed by atoms with E-state index in [1.165, 1.54) is 0 Å². The summed E-state index contributed by atoms with van der Waals surface area (Å²) in [5.74, 6) is -2.95. The van der Waals surface area contributed by atoms with Gasteiger partial charge in [-0.25, -0.2) is 4.79 Å². The standard InChI is InChI=1S/C9H16O9/c10-2-3(11)1-4(12)5(13)6(14)7(15)8(16)9(17)18/h3,5-8,10-11,13-16H,1-2H2,(H,17,18). The van der Waals surface area contributed by atoms with Crippen molar-refractivity contribution >= 4 is 11.8 Å². The fraction of sp³-hybridized carbons (Fsp3) is 0.778. The second-order valence-electron chi connectivity index (χ2n) is 3.72. The number of rotatable bonds is 8. The number of aliphatic carboxylic acids is 1. The van der Waals surface area contributed by atoms with Crippen molar-refractivity contribution in [3.8, 4) is 0 Å². The highest BCUT2D eigenvalue weighted by molar-refractivity contribution is 5.84. The first kappa shape index (κ1) is 16.9. The molecule has 0 radical (unpaired) electrons. The molecule has 0 rings (SSSR count). The van der Waals surface area contributed by atoms with Crippen molar-refractivity contribution in [2.75, 3.05) is 6.61 Å². The largest absolute Gasteiger partial charge is 0.479 e. The van der Waals surface area contributed by atoms with E-state index in [-0.39, 0.29) is 0 Å². The zero-order chi connectivity index (χ0) is 14.5. The summed E-state index contributed by atoms with van der Waals surface area (Å²) >= 11 is 0. The fourth-order valence-electron chi connectivity index (χ4n) is 1.13. The summed E-state index contributed by atoms with van der Waals surface area (Å²) in [6, 6.07) is 0. The van der Waals surface area contributed by atoms with Gasteiger partial charge < -0.3 is 35.7 Å². The zero-order valence-electron chi connectivity index (χ0n) is 9.25. The van der Waals surface area contributed by atoms with Crippen LogP contribution in [0, 0.1) is 0 Å². The van der Waals surface area contributed by atoms with Gasteiger partial charge in [-0.1, -0.05) is 0 Å². The van der Waals surface area contributed by atoms with E-state index in [1.54, 1.807) is 0 Å². The molecule has 0 saturated carbocycles. The molecule has 5 atom stereocenters. The van der Waals surface area contributed by atoms with Crippen LogP contribution in [-0.2, 0) is 9.59 Å². The van der Waals surface area contributed by atoms with Crippen LogP contribution >= 0.6 is 0 Å². The van der Waals surface area contributed by atoms with E-state index in [9.17, 15) is 19.8 Å². The van der Waals surface area contributed by atoms with E-state index in [1.807, 2.05) is 0 Å². The van der Waals surface area contributed by atoms with Crippen LogP contribution in [0.25, 0.3) is 0 Å². The third kappa shape index (κ3) is 4.64. The third-order valence-electron chi connectivity index (χ3n) is 2.23. The highest BCUT2D eigenvalue weighted by Gasteiger charge is 2.37. The van der Waals surface area contributed by atoms with Crippen molar-refractivity contribution in [1.29, 1.82) is 0 Å². The molecule has 0 aliphatic heterocycles. The highest BCUT2D eigenvalue weighted by atomic mass is 16.4. The topological polar surface area (TPSA) is 176 Å². The molecule has 7 N–H and O–H groups in total. The van der Waals surface area contributed by atoms with Crippen LogP contribution in [0.15, 0.2) is 0 Å². The van der Waals surface area contributed by atoms with E-state index in [0.717, 1.165) is 0 Å². The Morgan fingerprint density at radius 3 is 1.72 bits per heavy atom. The average molecular weight is 268 g/mol. The zero-order valence-corrected chi connectivity index (χ0v) is 9.25. The van der Waals surface area contributed by atoms with Crippen molar-refractivity contribution in [3.63, 3.8) is 0 Å². The predicted octanol–water partition coefficient (Wildman–Crippen LogP) is -4.17. The minimum Gasteiger partial charge on any atom is -0.479 e. The van der Waals surface area contributed by atoms with E-state index in [2.05, 4.69) is 0 Å². The number of ketones is 1. The van der Waals surface area contributed by atoms with Crippen molar-refractivity contribution in [1.82, 2.24) is 0 Å². The Labute approximate surface area is 102 Å². The van der Waals surface area contributed by atoms with Gasteiger partial charge in [0.25, 0.3) is 0 Å². The molecule has 0 heterocycles. The van der Waals surface area contributed by atoms with Crippen molar-refractivity contribution in [2.45, 2.75) is 36.9 Å². The second kappa shape index (κ2) is 7.36. The Morgan fingerprint density at radius 1 is 0.889 bits per heavy atom. The number of carboxylic acids is 1. The second-order valence-corrected chi connectivity index (χ2v) is 3.72. The van der Waals surface area contributed by atoms with E-state index in [0.29, 0.717) is 0 Å². The lowest BCUT2D eigenvalue weighted by Crippen LogP contribution is -2.50. The lowest BCUT2D eigenvalue weighted by molar-refractivity contribution is -0.166. The van der Waals surface area contributed by atoms with Crippen LogP contribution in [0.3, 0.4) is 0 Å². The van der Waals surface area contributed by atoms with Crippen LogP contribution in [0.4, 0.5) is 0 Å². The average Bonchev–Trinajstić information content (AvgIpc) is 2.34. The molecule has 5 unspecified atom stereocenters.